The molecule has 21 heavy (non-hydrogen) atoms. The third-order valence-corrected chi connectivity index (χ3v) is 4.39. The molecule has 0 aliphatic carbocycles. The number of likely N-dealkylation sites (N-methyl/N-ethyl adjacent to an activating group) is 1. The fourth-order valence-corrected chi connectivity index (χ4v) is 2.58. The molecule has 1 aromatic heterocycles. The molecule has 0 amide bonds. The molecule has 1 aliphatic heterocycles. The van der Waals surface area contributed by atoms with Crippen molar-refractivity contribution in [3.05, 3.63) is 46.7 Å². The van der Waals surface area contributed by atoms with Gasteiger partial charge in [-0.3, -0.25) is 4.90 Å². The van der Waals surface area contributed by atoms with Crippen molar-refractivity contribution < 1.29 is 4.74 Å². The maximum Gasteiger partial charge on any atom is 0.171 e. The molecule has 2 aromatic rings. The Hall–Kier alpha value is -1.29. The largest absolute Gasteiger partial charge is 0.489 e. The molecule has 2 heterocycles. The van der Waals surface area contributed by atoms with E-state index in [0.29, 0.717) is 28.6 Å². The van der Waals surface area contributed by atoms with Gasteiger partial charge in [-0.05, 0) is 43.8 Å². The number of rotatable bonds is 4. The van der Waals surface area contributed by atoms with E-state index >= 15 is 0 Å². The number of hydrogen-bond donors (Lipinski definition) is 0. The van der Waals surface area contributed by atoms with Crippen molar-refractivity contribution in [2.45, 2.75) is 12.5 Å². The minimum atomic E-state index is 0.398. The Morgan fingerprint density at radius 1 is 1.24 bits per heavy atom. The highest BCUT2D eigenvalue weighted by molar-refractivity contribution is 6.31. The van der Waals surface area contributed by atoms with E-state index in [1.54, 1.807) is 6.20 Å². The first kappa shape index (κ1) is 14.6. The van der Waals surface area contributed by atoms with E-state index in [2.05, 4.69) is 16.9 Å². The SMILES string of the molecule is CN1CC[C@H]1COc1cc(-c2ccc(Cl)cc2)cnc1Cl. The van der Waals surface area contributed by atoms with Crippen LogP contribution in [0.5, 0.6) is 5.75 Å². The van der Waals surface area contributed by atoms with Gasteiger partial charge in [0.25, 0.3) is 0 Å². The summed E-state index contributed by atoms with van der Waals surface area (Å²) in [5.74, 6) is 0.629. The maximum atomic E-state index is 6.12. The molecule has 1 fully saturated rings. The zero-order valence-electron chi connectivity index (χ0n) is 11.7. The molecule has 110 valence electrons. The molecule has 5 heteroatoms. The second-order valence-corrected chi connectivity index (χ2v) is 6.05. The lowest BCUT2D eigenvalue weighted by Crippen LogP contribution is -2.48. The van der Waals surface area contributed by atoms with E-state index in [1.807, 2.05) is 30.3 Å². The summed E-state index contributed by atoms with van der Waals surface area (Å²) >= 11 is 12.0. The highest BCUT2D eigenvalue weighted by Crippen LogP contribution is 2.30. The molecule has 1 aliphatic rings. The molecular weight excluding hydrogens is 307 g/mol. The van der Waals surface area contributed by atoms with Crippen molar-refractivity contribution in [1.82, 2.24) is 9.88 Å². The van der Waals surface area contributed by atoms with Crippen molar-refractivity contribution in [3.8, 4) is 16.9 Å². The van der Waals surface area contributed by atoms with Crippen molar-refractivity contribution in [2.75, 3.05) is 20.2 Å². The summed E-state index contributed by atoms with van der Waals surface area (Å²) in [6.07, 6.45) is 2.91. The summed E-state index contributed by atoms with van der Waals surface area (Å²) in [6, 6.07) is 10.0. The normalized spacial score (nSPS) is 18.3. The van der Waals surface area contributed by atoms with Crippen LogP contribution in [0.15, 0.2) is 36.5 Å². The second-order valence-electron chi connectivity index (χ2n) is 5.25. The molecule has 1 atom stereocenters. The average molecular weight is 323 g/mol. The Balaban J connectivity index is 1.77. The minimum Gasteiger partial charge on any atom is -0.489 e. The molecule has 1 saturated heterocycles. The van der Waals surface area contributed by atoms with Gasteiger partial charge in [0.2, 0.25) is 0 Å². The molecule has 0 saturated carbocycles. The van der Waals surface area contributed by atoms with Crippen LogP contribution in [0.2, 0.25) is 10.2 Å². The van der Waals surface area contributed by atoms with Crippen LogP contribution in [0.3, 0.4) is 0 Å². The van der Waals surface area contributed by atoms with Gasteiger partial charge in [-0.2, -0.15) is 0 Å². The summed E-state index contributed by atoms with van der Waals surface area (Å²) in [5.41, 5.74) is 2.00. The number of likely N-dealkylation sites (tertiary alicyclic amines) is 1. The lowest BCUT2D eigenvalue weighted by Gasteiger charge is -2.37. The second kappa shape index (κ2) is 6.22. The van der Waals surface area contributed by atoms with Gasteiger partial charge in [-0.15, -0.1) is 0 Å². The van der Waals surface area contributed by atoms with Crippen LogP contribution in [0.25, 0.3) is 11.1 Å². The molecule has 1 aromatic carbocycles. The van der Waals surface area contributed by atoms with Crippen LogP contribution in [0.1, 0.15) is 6.42 Å². The lowest BCUT2D eigenvalue weighted by molar-refractivity contribution is 0.0768. The van der Waals surface area contributed by atoms with Gasteiger partial charge in [0.15, 0.2) is 10.9 Å². The Morgan fingerprint density at radius 3 is 2.62 bits per heavy atom. The highest BCUT2D eigenvalue weighted by atomic mass is 35.5. The van der Waals surface area contributed by atoms with Crippen LogP contribution in [-0.2, 0) is 0 Å². The smallest absolute Gasteiger partial charge is 0.171 e. The molecule has 0 radical (unpaired) electrons. The van der Waals surface area contributed by atoms with E-state index in [4.69, 9.17) is 27.9 Å². The van der Waals surface area contributed by atoms with E-state index in [1.165, 1.54) is 6.42 Å². The fraction of sp³-hybridized carbons (Fsp3) is 0.312. The van der Waals surface area contributed by atoms with Gasteiger partial charge in [-0.1, -0.05) is 35.3 Å². The average Bonchev–Trinajstić information content (AvgIpc) is 2.48. The first-order chi connectivity index (χ1) is 10.1. The van der Waals surface area contributed by atoms with Gasteiger partial charge in [0, 0.05) is 22.8 Å². The number of ether oxygens (including phenoxy) is 1. The number of halogens is 2. The number of nitrogens with zero attached hydrogens (tertiary/aromatic N) is 2. The predicted molar refractivity (Wildman–Crippen MR) is 86.2 cm³/mol. The monoisotopic (exact) mass is 322 g/mol. The summed E-state index contributed by atoms with van der Waals surface area (Å²) in [5, 5.41) is 1.11. The van der Waals surface area contributed by atoms with E-state index in [0.717, 1.165) is 17.7 Å². The quantitative estimate of drug-likeness (QED) is 0.791. The van der Waals surface area contributed by atoms with E-state index in [-0.39, 0.29) is 0 Å². The first-order valence-corrected chi connectivity index (χ1v) is 7.63. The van der Waals surface area contributed by atoms with E-state index in [9.17, 15) is 0 Å². The molecule has 0 N–H and O–H groups in total. The van der Waals surface area contributed by atoms with Crippen molar-refractivity contribution in [1.29, 1.82) is 0 Å². The van der Waals surface area contributed by atoms with Crippen molar-refractivity contribution >= 4 is 23.2 Å². The fourth-order valence-electron chi connectivity index (χ4n) is 2.30. The molecule has 3 nitrogen and oxygen atoms in total. The van der Waals surface area contributed by atoms with Crippen molar-refractivity contribution in [2.24, 2.45) is 0 Å². The van der Waals surface area contributed by atoms with Crippen molar-refractivity contribution in [3.63, 3.8) is 0 Å². The number of hydrogen-bond acceptors (Lipinski definition) is 3. The molecule has 0 spiro atoms. The van der Waals surface area contributed by atoms with Gasteiger partial charge in [-0.25, -0.2) is 4.98 Å². The summed E-state index contributed by atoms with van der Waals surface area (Å²) in [4.78, 5) is 6.48. The highest BCUT2D eigenvalue weighted by Gasteiger charge is 2.24. The minimum absolute atomic E-state index is 0.398. The lowest BCUT2D eigenvalue weighted by atomic mass is 10.1. The standard InChI is InChI=1S/C16H16Cl2N2O/c1-20-7-6-14(20)10-21-15-8-12(9-19-16(15)18)11-2-4-13(17)5-3-11/h2-5,8-9,14H,6-7,10H2,1H3/t14-/m0/s1. The van der Waals surface area contributed by atoms with Gasteiger partial charge in [0.05, 0.1) is 0 Å². The van der Waals surface area contributed by atoms with Crippen LogP contribution in [0, 0.1) is 0 Å². The Bertz CT molecular complexity index is 631. The first-order valence-electron chi connectivity index (χ1n) is 6.88. The molecule has 0 unspecified atom stereocenters. The summed E-state index contributed by atoms with van der Waals surface area (Å²) in [7, 11) is 2.10. The van der Waals surface area contributed by atoms with Gasteiger partial charge >= 0.3 is 0 Å². The van der Waals surface area contributed by atoms with Gasteiger partial charge < -0.3 is 4.74 Å². The number of benzene rings is 1. The zero-order chi connectivity index (χ0) is 14.8. The topological polar surface area (TPSA) is 25.4 Å². The third-order valence-electron chi connectivity index (χ3n) is 3.85. The number of aromatic nitrogens is 1. The number of pyridine rings is 1. The summed E-state index contributed by atoms with van der Waals surface area (Å²) < 4.78 is 5.83. The maximum absolute atomic E-state index is 6.12. The Kier molecular flexibility index (Phi) is 4.34. The summed E-state index contributed by atoms with van der Waals surface area (Å²) in [6.45, 7) is 1.77. The molecule has 0 bridgehead atoms. The van der Waals surface area contributed by atoms with E-state index < -0.39 is 0 Å². The van der Waals surface area contributed by atoms with Crippen LogP contribution < -0.4 is 4.74 Å². The Labute approximate surface area is 134 Å². The Morgan fingerprint density at radius 2 is 2.00 bits per heavy atom. The predicted octanol–water partition coefficient (Wildman–Crippen LogP) is 4.14. The zero-order valence-corrected chi connectivity index (χ0v) is 13.2. The van der Waals surface area contributed by atoms with Gasteiger partial charge in [0.1, 0.15) is 6.61 Å². The molecular formula is C16H16Cl2N2O. The van der Waals surface area contributed by atoms with Crippen LogP contribution in [0.4, 0.5) is 0 Å². The molecule has 3 rings (SSSR count). The third kappa shape index (κ3) is 3.31. The van der Waals surface area contributed by atoms with Crippen LogP contribution in [-0.4, -0.2) is 36.1 Å². The van der Waals surface area contributed by atoms with Crippen LogP contribution >= 0.6 is 23.2 Å².